The molecule has 0 unspecified atom stereocenters. The third-order valence-electron chi connectivity index (χ3n) is 7.73. The van der Waals surface area contributed by atoms with E-state index in [1.54, 1.807) is 0 Å². The summed E-state index contributed by atoms with van der Waals surface area (Å²) >= 11 is 0. The van der Waals surface area contributed by atoms with Crippen LogP contribution in [0.5, 0.6) is 0 Å². The van der Waals surface area contributed by atoms with Crippen molar-refractivity contribution < 1.29 is 48.6 Å². The van der Waals surface area contributed by atoms with Gasteiger partial charge in [-0.3, -0.25) is 4.90 Å². The van der Waals surface area contributed by atoms with Gasteiger partial charge in [0.05, 0.1) is 6.26 Å². The van der Waals surface area contributed by atoms with Crippen molar-refractivity contribution in [2.75, 3.05) is 32.4 Å². The van der Waals surface area contributed by atoms with Crippen LogP contribution >= 0.6 is 0 Å². The van der Waals surface area contributed by atoms with Crippen molar-refractivity contribution in [3.8, 4) is 11.1 Å². The van der Waals surface area contributed by atoms with Crippen LogP contribution in [-0.2, 0) is 22.2 Å². The number of rotatable bonds is 6. The molecule has 0 aromatic heterocycles. The molecule has 1 saturated carbocycles. The zero-order valence-corrected chi connectivity index (χ0v) is 21.3. The molecule has 0 atom stereocenters. The molecular formula is C25H24F8N2O3S. The fraction of sp³-hybridized carbons (Fsp3) is 0.520. The van der Waals surface area contributed by atoms with Gasteiger partial charge in [-0.15, -0.1) is 0 Å². The Bertz CT molecular complexity index is 1370. The highest BCUT2D eigenvalue weighted by atomic mass is 32.2. The van der Waals surface area contributed by atoms with Crippen LogP contribution in [0.2, 0.25) is 0 Å². The Morgan fingerprint density at radius 3 is 1.95 bits per heavy atom. The van der Waals surface area contributed by atoms with Gasteiger partial charge >= 0.3 is 12.4 Å². The minimum atomic E-state index is -6.07. The lowest BCUT2D eigenvalue weighted by molar-refractivity contribution is -0.376. The fourth-order valence-corrected chi connectivity index (χ4v) is 6.64. The number of alkyl halides is 6. The molecule has 214 valence electrons. The fourth-order valence-electron chi connectivity index (χ4n) is 5.62. The summed E-state index contributed by atoms with van der Waals surface area (Å²) in [7, 11) is -3.29. The molecule has 2 aromatic rings. The van der Waals surface area contributed by atoms with Crippen LogP contribution < -0.4 is 0 Å². The maximum Gasteiger partial charge on any atom is 0.430 e. The SMILES string of the molecule is CS(=O)(=O)N1CC2(CN(Cc3cc(F)c(-c4ccc(C(O)(C(F)(F)F)C(F)(F)F)cc4)c(C4CC4)c3F)C2)C1. The zero-order chi connectivity index (χ0) is 28.8. The topological polar surface area (TPSA) is 60.9 Å². The van der Waals surface area contributed by atoms with Crippen LogP contribution in [0.3, 0.4) is 0 Å². The van der Waals surface area contributed by atoms with Crippen molar-refractivity contribution in [1.29, 1.82) is 0 Å². The normalized spacial score (nSPS) is 20.7. The lowest BCUT2D eigenvalue weighted by atomic mass is 9.74. The quantitative estimate of drug-likeness (QED) is 0.491. The molecule has 2 aromatic carbocycles. The zero-order valence-electron chi connectivity index (χ0n) is 20.5. The first-order valence-corrected chi connectivity index (χ1v) is 13.9. The number of hydrogen-bond donors (Lipinski definition) is 1. The largest absolute Gasteiger partial charge is 0.430 e. The van der Waals surface area contributed by atoms with Gasteiger partial charge in [0.15, 0.2) is 0 Å². The molecular weight excluding hydrogens is 560 g/mol. The molecule has 2 heterocycles. The van der Waals surface area contributed by atoms with Gasteiger partial charge in [-0.2, -0.15) is 26.3 Å². The van der Waals surface area contributed by atoms with E-state index in [4.69, 9.17) is 0 Å². The molecule has 14 heteroatoms. The Labute approximate surface area is 219 Å². The van der Waals surface area contributed by atoms with Gasteiger partial charge < -0.3 is 5.11 Å². The Morgan fingerprint density at radius 1 is 0.949 bits per heavy atom. The van der Waals surface area contributed by atoms with Crippen molar-refractivity contribution in [2.45, 2.75) is 43.3 Å². The number of aliphatic hydroxyl groups is 1. The van der Waals surface area contributed by atoms with Crippen molar-refractivity contribution >= 4 is 10.0 Å². The van der Waals surface area contributed by atoms with E-state index in [1.807, 2.05) is 4.90 Å². The molecule has 1 aliphatic carbocycles. The Kier molecular flexibility index (Phi) is 6.41. The van der Waals surface area contributed by atoms with Gasteiger partial charge in [-0.1, -0.05) is 24.3 Å². The van der Waals surface area contributed by atoms with Crippen LogP contribution in [0.1, 0.15) is 35.4 Å². The second-order valence-electron chi connectivity index (χ2n) is 10.9. The lowest BCUT2D eigenvalue weighted by Crippen LogP contribution is -2.72. The first kappa shape index (κ1) is 28.2. The highest BCUT2D eigenvalue weighted by molar-refractivity contribution is 7.88. The van der Waals surface area contributed by atoms with E-state index < -0.39 is 45.2 Å². The molecule has 0 radical (unpaired) electrons. The molecule has 39 heavy (non-hydrogen) atoms. The summed E-state index contributed by atoms with van der Waals surface area (Å²) in [6.07, 6.45) is -9.93. The van der Waals surface area contributed by atoms with E-state index in [2.05, 4.69) is 0 Å². The van der Waals surface area contributed by atoms with E-state index in [0.29, 0.717) is 51.2 Å². The minimum absolute atomic E-state index is 0.0155. The number of likely N-dealkylation sites (tertiary alicyclic amines) is 1. The molecule has 3 aliphatic rings. The van der Waals surface area contributed by atoms with Gasteiger partial charge in [-0.05, 0) is 30.4 Å². The van der Waals surface area contributed by atoms with Crippen molar-refractivity contribution in [1.82, 2.24) is 9.21 Å². The number of sulfonamides is 1. The summed E-state index contributed by atoms with van der Waals surface area (Å²) in [5.74, 6) is -1.91. The van der Waals surface area contributed by atoms with Crippen LogP contribution in [0.25, 0.3) is 11.1 Å². The molecule has 5 rings (SSSR count). The standard InChI is InChI=1S/C25H24F8N2O3S/c1-39(37,38)35-12-22(13-35)10-34(11-22)9-16-8-18(26)19(20(21(16)27)15-2-3-15)14-4-6-17(7-5-14)23(36,24(28,29)30)25(31,32)33/h4-8,15,36H,2-3,9-13H2,1H3. The minimum Gasteiger partial charge on any atom is -0.369 e. The van der Waals surface area contributed by atoms with Crippen LogP contribution in [-0.4, -0.2) is 67.5 Å². The Morgan fingerprint density at radius 2 is 1.49 bits per heavy atom. The average molecular weight is 585 g/mol. The second-order valence-corrected chi connectivity index (χ2v) is 12.8. The predicted molar refractivity (Wildman–Crippen MR) is 124 cm³/mol. The first-order valence-electron chi connectivity index (χ1n) is 12.0. The number of benzene rings is 2. The summed E-state index contributed by atoms with van der Waals surface area (Å²) in [5, 5.41) is 9.61. The summed E-state index contributed by atoms with van der Waals surface area (Å²) in [6, 6.07) is 3.42. The van der Waals surface area contributed by atoms with E-state index in [-0.39, 0.29) is 40.1 Å². The predicted octanol–water partition coefficient (Wildman–Crippen LogP) is 4.90. The highest BCUT2D eigenvalue weighted by Gasteiger charge is 2.71. The van der Waals surface area contributed by atoms with Crippen LogP contribution in [0.4, 0.5) is 35.1 Å². The molecule has 0 amide bonds. The first-order chi connectivity index (χ1) is 17.9. The van der Waals surface area contributed by atoms with Gasteiger partial charge in [0.2, 0.25) is 10.0 Å². The van der Waals surface area contributed by atoms with Crippen molar-refractivity contribution in [3.63, 3.8) is 0 Å². The van der Waals surface area contributed by atoms with E-state index in [1.165, 1.54) is 4.31 Å². The Balaban J connectivity index is 1.41. The molecule has 2 aliphatic heterocycles. The average Bonchev–Trinajstić information content (AvgIpc) is 3.58. The van der Waals surface area contributed by atoms with Crippen molar-refractivity contribution in [3.05, 3.63) is 58.7 Å². The third-order valence-corrected chi connectivity index (χ3v) is 8.93. The molecule has 0 bridgehead atoms. The highest BCUT2D eigenvalue weighted by Crippen LogP contribution is 2.51. The molecule has 2 saturated heterocycles. The van der Waals surface area contributed by atoms with Crippen LogP contribution in [0.15, 0.2) is 30.3 Å². The number of halogens is 8. The lowest BCUT2D eigenvalue weighted by Gasteiger charge is -2.59. The van der Waals surface area contributed by atoms with Gasteiger partial charge in [0, 0.05) is 60.4 Å². The van der Waals surface area contributed by atoms with Gasteiger partial charge in [0.25, 0.3) is 5.60 Å². The molecule has 5 nitrogen and oxygen atoms in total. The third kappa shape index (κ3) is 4.72. The monoisotopic (exact) mass is 584 g/mol. The van der Waals surface area contributed by atoms with E-state index in [0.717, 1.165) is 24.5 Å². The summed E-state index contributed by atoms with van der Waals surface area (Å²) in [6.45, 7) is 1.79. The van der Waals surface area contributed by atoms with Gasteiger partial charge in [-0.25, -0.2) is 21.5 Å². The maximum atomic E-state index is 15.7. The number of hydrogen-bond acceptors (Lipinski definition) is 4. The maximum absolute atomic E-state index is 15.7. The summed E-state index contributed by atoms with van der Waals surface area (Å²) in [4.78, 5) is 1.86. The van der Waals surface area contributed by atoms with Crippen molar-refractivity contribution in [2.24, 2.45) is 5.41 Å². The number of nitrogens with zero attached hydrogens (tertiary/aromatic N) is 2. The van der Waals surface area contributed by atoms with E-state index in [9.17, 15) is 39.9 Å². The molecule has 3 fully saturated rings. The van der Waals surface area contributed by atoms with E-state index >= 15 is 8.78 Å². The van der Waals surface area contributed by atoms with Gasteiger partial charge in [0.1, 0.15) is 11.6 Å². The smallest absolute Gasteiger partial charge is 0.369 e. The molecule has 1 spiro atoms. The summed E-state index contributed by atoms with van der Waals surface area (Å²) in [5.41, 5.74) is -7.11. The van der Waals surface area contributed by atoms with Crippen LogP contribution in [0, 0.1) is 17.0 Å². The Hall–Kier alpha value is -2.29. The summed E-state index contributed by atoms with van der Waals surface area (Å²) < 4.78 is 135. The second kappa shape index (κ2) is 8.85. The molecule has 1 N–H and O–H groups in total.